The summed E-state index contributed by atoms with van der Waals surface area (Å²) >= 11 is 0. The molecule has 25 heavy (non-hydrogen) atoms. The fourth-order valence-corrected chi connectivity index (χ4v) is 3.18. The first-order valence-corrected chi connectivity index (χ1v) is 8.49. The summed E-state index contributed by atoms with van der Waals surface area (Å²) in [5.41, 5.74) is 3.08. The van der Waals surface area contributed by atoms with Gasteiger partial charge in [0.25, 0.3) is 0 Å². The molecular weight excluding hydrogens is 314 g/mol. The number of nitrogens with one attached hydrogen (secondary N) is 2. The molecule has 0 saturated carbocycles. The van der Waals surface area contributed by atoms with Gasteiger partial charge in [-0.1, -0.05) is 24.3 Å². The van der Waals surface area contributed by atoms with Crippen LogP contribution in [-0.2, 0) is 0 Å². The lowest BCUT2D eigenvalue weighted by molar-refractivity contribution is 0.403. The summed E-state index contributed by atoms with van der Waals surface area (Å²) in [5, 5.41) is 11.2. The van der Waals surface area contributed by atoms with Crippen molar-refractivity contribution in [2.75, 3.05) is 19.0 Å². The van der Waals surface area contributed by atoms with Crippen LogP contribution in [-0.4, -0.2) is 28.4 Å². The fraction of sp³-hybridized carbons (Fsp3) is 0.263. The van der Waals surface area contributed by atoms with Gasteiger partial charge in [0.2, 0.25) is 5.95 Å². The first-order chi connectivity index (χ1) is 12.3. The molecular formula is C19H21N5O. The lowest BCUT2D eigenvalue weighted by Crippen LogP contribution is -2.13. The summed E-state index contributed by atoms with van der Waals surface area (Å²) in [5.74, 6) is 1.43. The van der Waals surface area contributed by atoms with Gasteiger partial charge < -0.3 is 15.4 Å². The van der Waals surface area contributed by atoms with Gasteiger partial charge in [-0.2, -0.15) is 4.98 Å². The number of ether oxygens (including phenoxy) is 1. The molecule has 4 rings (SSSR count). The van der Waals surface area contributed by atoms with E-state index in [2.05, 4.69) is 26.8 Å². The molecule has 2 aromatic carbocycles. The van der Waals surface area contributed by atoms with Crippen molar-refractivity contribution < 1.29 is 4.74 Å². The number of rotatable bonds is 5. The smallest absolute Gasteiger partial charge is 0.246 e. The van der Waals surface area contributed by atoms with Crippen LogP contribution < -0.4 is 15.4 Å². The Morgan fingerprint density at radius 2 is 2.08 bits per heavy atom. The van der Waals surface area contributed by atoms with Crippen molar-refractivity contribution in [2.24, 2.45) is 0 Å². The van der Waals surface area contributed by atoms with E-state index in [9.17, 15) is 0 Å². The van der Waals surface area contributed by atoms with E-state index in [-0.39, 0.29) is 0 Å². The Kier molecular flexibility index (Phi) is 4.35. The first-order valence-electron chi connectivity index (χ1n) is 8.49. The predicted octanol–water partition coefficient (Wildman–Crippen LogP) is 3.44. The van der Waals surface area contributed by atoms with Crippen LogP contribution in [0.4, 0.5) is 11.6 Å². The van der Waals surface area contributed by atoms with E-state index in [1.807, 2.05) is 42.5 Å². The van der Waals surface area contributed by atoms with Crippen LogP contribution in [0.5, 0.6) is 5.75 Å². The molecule has 1 saturated heterocycles. The highest BCUT2D eigenvalue weighted by Crippen LogP contribution is 2.33. The summed E-state index contributed by atoms with van der Waals surface area (Å²) in [4.78, 5) is 4.33. The second-order valence-corrected chi connectivity index (χ2v) is 6.08. The van der Waals surface area contributed by atoms with Gasteiger partial charge in [0.1, 0.15) is 12.1 Å². The monoisotopic (exact) mass is 335 g/mol. The maximum absolute atomic E-state index is 5.58. The minimum absolute atomic E-state index is 0.374. The maximum atomic E-state index is 5.58. The molecule has 6 heteroatoms. The minimum Gasteiger partial charge on any atom is -0.496 e. The van der Waals surface area contributed by atoms with Crippen LogP contribution in [0.1, 0.15) is 24.4 Å². The number of aromatic nitrogens is 3. The molecule has 128 valence electrons. The van der Waals surface area contributed by atoms with Crippen molar-refractivity contribution in [3.05, 3.63) is 60.4 Å². The third kappa shape index (κ3) is 3.34. The van der Waals surface area contributed by atoms with Crippen LogP contribution >= 0.6 is 0 Å². The van der Waals surface area contributed by atoms with Gasteiger partial charge in [-0.25, -0.2) is 4.68 Å². The van der Waals surface area contributed by atoms with E-state index in [4.69, 9.17) is 4.74 Å². The van der Waals surface area contributed by atoms with E-state index in [1.54, 1.807) is 18.1 Å². The van der Waals surface area contributed by atoms with Gasteiger partial charge in [-0.3, -0.25) is 0 Å². The number of nitrogens with zero attached hydrogens (tertiary/aromatic N) is 3. The summed E-state index contributed by atoms with van der Waals surface area (Å²) in [6, 6.07) is 16.4. The molecule has 2 N–H and O–H groups in total. The van der Waals surface area contributed by atoms with Gasteiger partial charge in [-0.15, -0.1) is 5.10 Å². The molecule has 0 radical (unpaired) electrons. The average Bonchev–Trinajstić information content (AvgIpc) is 3.34. The largest absolute Gasteiger partial charge is 0.496 e. The Bertz CT molecular complexity index is 840. The zero-order valence-corrected chi connectivity index (χ0v) is 14.1. The Labute approximate surface area is 146 Å². The van der Waals surface area contributed by atoms with Gasteiger partial charge in [0.15, 0.2) is 0 Å². The second kappa shape index (κ2) is 6.94. The van der Waals surface area contributed by atoms with Crippen LogP contribution in [0.2, 0.25) is 0 Å². The molecule has 1 aromatic heterocycles. The second-order valence-electron chi connectivity index (χ2n) is 6.08. The summed E-state index contributed by atoms with van der Waals surface area (Å²) in [6.07, 6.45) is 4.05. The number of benzene rings is 2. The number of para-hydroxylation sites is 1. The summed E-state index contributed by atoms with van der Waals surface area (Å²) < 4.78 is 7.33. The fourth-order valence-electron chi connectivity index (χ4n) is 3.18. The zero-order valence-electron chi connectivity index (χ0n) is 14.1. The normalized spacial score (nSPS) is 16.8. The molecule has 2 heterocycles. The Hall–Kier alpha value is -2.86. The van der Waals surface area contributed by atoms with Crippen molar-refractivity contribution in [3.63, 3.8) is 0 Å². The molecule has 1 unspecified atom stereocenters. The number of methoxy groups -OCH3 is 1. The third-order valence-corrected chi connectivity index (χ3v) is 4.44. The van der Waals surface area contributed by atoms with Crippen LogP contribution in [0.25, 0.3) is 5.69 Å². The summed E-state index contributed by atoms with van der Waals surface area (Å²) in [6.45, 7) is 1.06. The number of hydrogen-bond acceptors (Lipinski definition) is 5. The van der Waals surface area contributed by atoms with Gasteiger partial charge in [0, 0.05) is 23.4 Å². The average molecular weight is 335 g/mol. The molecule has 1 atom stereocenters. The molecule has 0 amide bonds. The summed E-state index contributed by atoms with van der Waals surface area (Å²) in [7, 11) is 1.71. The highest BCUT2D eigenvalue weighted by molar-refractivity contribution is 5.58. The predicted molar refractivity (Wildman–Crippen MR) is 97.6 cm³/mol. The Balaban J connectivity index is 1.54. The quantitative estimate of drug-likeness (QED) is 0.748. The van der Waals surface area contributed by atoms with E-state index >= 15 is 0 Å². The molecule has 0 bridgehead atoms. The molecule has 3 aromatic rings. The van der Waals surface area contributed by atoms with Crippen LogP contribution in [0.3, 0.4) is 0 Å². The lowest BCUT2D eigenvalue weighted by atomic mass is 10.0. The van der Waals surface area contributed by atoms with Gasteiger partial charge >= 0.3 is 0 Å². The van der Waals surface area contributed by atoms with Crippen molar-refractivity contribution >= 4 is 11.6 Å². The molecule has 6 nitrogen and oxygen atoms in total. The highest BCUT2D eigenvalue weighted by atomic mass is 16.5. The van der Waals surface area contributed by atoms with E-state index in [1.165, 1.54) is 12.0 Å². The van der Waals surface area contributed by atoms with Crippen molar-refractivity contribution in [2.45, 2.75) is 18.9 Å². The third-order valence-electron chi connectivity index (χ3n) is 4.44. The minimum atomic E-state index is 0.374. The Morgan fingerprint density at radius 3 is 2.84 bits per heavy atom. The van der Waals surface area contributed by atoms with Crippen molar-refractivity contribution in [1.29, 1.82) is 0 Å². The first kappa shape index (κ1) is 15.7. The SMILES string of the molecule is COc1cc(Nc2ncn(-c3ccccc3)n2)ccc1C1CCCN1. The topological polar surface area (TPSA) is 64.0 Å². The maximum Gasteiger partial charge on any atom is 0.246 e. The molecule has 1 aliphatic rings. The Morgan fingerprint density at radius 1 is 1.20 bits per heavy atom. The van der Waals surface area contributed by atoms with E-state index in [0.29, 0.717) is 12.0 Å². The highest BCUT2D eigenvalue weighted by Gasteiger charge is 2.20. The number of hydrogen-bond donors (Lipinski definition) is 2. The van der Waals surface area contributed by atoms with Gasteiger partial charge in [0.05, 0.1) is 12.8 Å². The zero-order chi connectivity index (χ0) is 17.1. The van der Waals surface area contributed by atoms with Crippen molar-refractivity contribution in [3.8, 4) is 11.4 Å². The van der Waals surface area contributed by atoms with Crippen LogP contribution in [0, 0.1) is 0 Å². The van der Waals surface area contributed by atoms with Crippen LogP contribution in [0.15, 0.2) is 54.9 Å². The molecule has 1 aliphatic heterocycles. The standard InChI is InChI=1S/C19H21N5O/c1-25-18-12-14(9-10-16(18)17-8-5-11-20-17)22-19-21-13-24(23-19)15-6-3-2-4-7-15/h2-4,6-7,9-10,12-13,17,20H,5,8,11H2,1H3,(H,22,23). The molecule has 0 spiro atoms. The van der Waals surface area contributed by atoms with Crippen molar-refractivity contribution in [1.82, 2.24) is 20.1 Å². The lowest BCUT2D eigenvalue weighted by Gasteiger charge is -2.16. The van der Waals surface area contributed by atoms with Gasteiger partial charge in [-0.05, 0) is 37.6 Å². The van der Waals surface area contributed by atoms with E-state index in [0.717, 1.165) is 30.1 Å². The number of anilines is 2. The molecule has 1 fully saturated rings. The molecule has 0 aliphatic carbocycles. The van der Waals surface area contributed by atoms with E-state index < -0.39 is 0 Å².